The first-order valence-corrected chi connectivity index (χ1v) is 7.86. The van der Waals surface area contributed by atoms with Crippen LogP contribution >= 0.6 is 0 Å². The van der Waals surface area contributed by atoms with Crippen molar-refractivity contribution in [2.24, 2.45) is 0 Å². The summed E-state index contributed by atoms with van der Waals surface area (Å²) in [6.45, 7) is 4.19. The Morgan fingerprint density at radius 2 is 2.00 bits per heavy atom. The topological polar surface area (TPSA) is 77.2 Å². The van der Waals surface area contributed by atoms with Crippen molar-refractivity contribution in [2.75, 3.05) is 0 Å². The predicted octanol–water partition coefficient (Wildman–Crippen LogP) is 1.70. The lowest BCUT2D eigenvalue weighted by atomic mass is 10.1. The van der Waals surface area contributed by atoms with Gasteiger partial charge in [0.1, 0.15) is 30.4 Å². The molecule has 0 saturated heterocycles. The van der Waals surface area contributed by atoms with Crippen LogP contribution in [0.4, 0.5) is 0 Å². The maximum Gasteiger partial charge on any atom is 0.350 e. The molecule has 0 N–H and O–H groups in total. The largest absolute Gasteiger partial charge is 0.361 e. The van der Waals surface area contributed by atoms with E-state index in [4.69, 9.17) is 4.52 Å². The molecule has 4 heterocycles. The maximum atomic E-state index is 13.0. The quantitative estimate of drug-likeness (QED) is 0.533. The number of aromatic nitrogens is 5. The lowest BCUT2D eigenvalue weighted by molar-refractivity contribution is -0.665. The van der Waals surface area contributed by atoms with Crippen molar-refractivity contribution in [1.82, 2.24) is 19.5 Å². The first-order valence-electron chi connectivity index (χ1n) is 7.86. The lowest BCUT2D eigenvalue weighted by Crippen LogP contribution is -2.40. The highest BCUT2D eigenvalue weighted by molar-refractivity contribution is 5.66. The van der Waals surface area contributed by atoms with E-state index < -0.39 is 0 Å². The van der Waals surface area contributed by atoms with Crippen LogP contribution in [-0.2, 0) is 6.54 Å². The molecular formula is C18H16N5O2+. The highest BCUT2D eigenvalue weighted by Crippen LogP contribution is 2.23. The number of fused-ring (bicyclic) bond motifs is 1. The molecule has 124 valence electrons. The molecule has 7 nitrogen and oxygen atoms in total. The zero-order valence-electron chi connectivity index (χ0n) is 13.9. The molecule has 0 atom stereocenters. The van der Waals surface area contributed by atoms with E-state index in [-0.39, 0.29) is 5.56 Å². The minimum Gasteiger partial charge on any atom is -0.361 e. The molecule has 0 spiro atoms. The van der Waals surface area contributed by atoms with Crippen LogP contribution in [0.15, 0.2) is 58.6 Å². The first kappa shape index (κ1) is 15.2. The van der Waals surface area contributed by atoms with Gasteiger partial charge in [-0.05, 0) is 19.9 Å². The van der Waals surface area contributed by atoms with E-state index in [0.29, 0.717) is 23.6 Å². The zero-order chi connectivity index (χ0) is 17.4. The fourth-order valence-corrected chi connectivity index (χ4v) is 3.02. The van der Waals surface area contributed by atoms with Crippen LogP contribution in [0.2, 0.25) is 0 Å². The molecule has 0 radical (unpaired) electrons. The average molecular weight is 334 g/mol. The van der Waals surface area contributed by atoms with Gasteiger partial charge in [0.2, 0.25) is 0 Å². The Morgan fingerprint density at radius 3 is 2.72 bits per heavy atom. The molecule has 25 heavy (non-hydrogen) atoms. The van der Waals surface area contributed by atoms with Crippen LogP contribution in [0.5, 0.6) is 0 Å². The minimum atomic E-state index is -0.106. The molecule has 4 rings (SSSR count). The van der Waals surface area contributed by atoms with E-state index in [1.807, 2.05) is 42.8 Å². The SMILES string of the molecule is Cc1noc(C)c1-c1c[n+](Cc2cncnc2)c2ccccn2c1=O. The minimum absolute atomic E-state index is 0.106. The number of hydrogen-bond donors (Lipinski definition) is 0. The van der Waals surface area contributed by atoms with Crippen molar-refractivity contribution in [3.05, 3.63) is 76.7 Å². The molecular weight excluding hydrogens is 318 g/mol. The number of hydrogen-bond acceptors (Lipinski definition) is 5. The summed E-state index contributed by atoms with van der Waals surface area (Å²) in [7, 11) is 0. The van der Waals surface area contributed by atoms with E-state index in [2.05, 4.69) is 15.1 Å². The van der Waals surface area contributed by atoms with Gasteiger partial charge in [-0.2, -0.15) is 4.40 Å². The molecule has 0 bridgehead atoms. The Labute approximate surface area is 143 Å². The molecule has 0 aromatic carbocycles. The molecule has 4 aromatic rings. The summed E-state index contributed by atoms with van der Waals surface area (Å²) in [5, 5.41) is 3.97. The van der Waals surface area contributed by atoms with Gasteiger partial charge in [-0.15, -0.1) is 0 Å². The van der Waals surface area contributed by atoms with Crippen molar-refractivity contribution in [1.29, 1.82) is 0 Å². The van der Waals surface area contributed by atoms with Crippen LogP contribution in [0.25, 0.3) is 16.8 Å². The Kier molecular flexibility index (Phi) is 3.61. The second kappa shape index (κ2) is 5.94. The first-order chi connectivity index (χ1) is 12.1. The van der Waals surface area contributed by atoms with Gasteiger partial charge in [-0.1, -0.05) is 11.2 Å². The normalized spacial score (nSPS) is 11.1. The summed E-state index contributed by atoms with van der Waals surface area (Å²) in [5.74, 6) is 0.625. The third-order valence-electron chi connectivity index (χ3n) is 4.14. The maximum absolute atomic E-state index is 13.0. The van der Waals surface area contributed by atoms with Crippen LogP contribution in [0.1, 0.15) is 17.0 Å². The van der Waals surface area contributed by atoms with Gasteiger partial charge in [0.25, 0.3) is 5.65 Å². The van der Waals surface area contributed by atoms with Crippen LogP contribution in [-0.4, -0.2) is 19.5 Å². The second-order valence-electron chi connectivity index (χ2n) is 5.85. The lowest BCUT2D eigenvalue weighted by Gasteiger charge is -2.06. The highest BCUT2D eigenvalue weighted by atomic mass is 16.5. The Balaban J connectivity index is 1.99. The Morgan fingerprint density at radius 1 is 1.20 bits per heavy atom. The highest BCUT2D eigenvalue weighted by Gasteiger charge is 2.22. The van der Waals surface area contributed by atoms with Gasteiger partial charge >= 0.3 is 5.56 Å². The third kappa shape index (κ3) is 2.59. The van der Waals surface area contributed by atoms with Crippen LogP contribution < -0.4 is 10.1 Å². The second-order valence-corrected chi connectivity index (χ2v) is 5.85. The average Bonchev–Trinajstić information content (AvgIpc) is 2.97. The summed E-state index contributed by atoms with van der Waals surface area (Å²) >= 11 is 0. The van der Waals surface area contributed by atoms with Gasteiger partial charge in [-0.3, -0.25) is 0 Å². The van der Waals surface area contributed by atoms with Gasteiger partial charge < -0.3 is 4.52 Å². The van der Waals surface area contributed by atoms with E-state index >= 15 is 0 Å². The number of nitrogens with zero attached hydrogens (tertiary/aromatic N) is 5. The van der Waals surface area contributed by atoms with Gasteiger partial charge in [-0.25, -0.2) is 19.3 Å². The van der Waals surface area contributed by atoms with Crippen molar-refractivity contribution in [2.45, 2.75) is 20.4 Å². The van der Waals surface area contributed by atoms with Crippen molar-refractivity contribution in [3.63, 3.8) is 0 Å². The molecule has 0 unspecified atom stereocenters. The van der Waals surface area contributed by atoms with Gasteiger partial charge in [0.15, 0.2) is 0 Å². The number of rotatable bonds is 3. The summed E-state index contributed by atoms with van der Waals surface area (Å²) in [6, 6.07) is 5.64. The van der Waals surface area contributed by atoms with Crippen molar-refractivity contribution < 1.29 is 9.09 Å². The summed E-state index contributed by atoms with van der Waals surface area (Å²) in [5.41, 5.74) is 3.61. The van der Waals surface area contributed by atoms with Crippen molar-refractivity contribution in [3.8, 4) is 11.1 Å². The summed E-state index contributed by atoms with van der Waals surface area (Å²) < 4.78 is 8.88. The van der Waals surface area contributed by atoms with E-state index in [1.54, 1.807) is 23.0 Å². The fourth-order valence-electron chi connectivity index (χ4n) is 3.02. The number of pyridine rings is 1. The summed E-state index contributed by atoms with van der Waals surface area (Å²) in [6.07, 6.45) is 8.63. The molecule has 0 aliphatic carbocycles. The van der Waals surface area contributed by atoms with Crippen LogP contribution in [0.3, 0.4) is 0 Å². The molecule has 0 fully saturated rings. The van der Waals surface area contributed by atoms with E-state index in [0.717, 1.165) is 16.8 Å². The smallest absolute Gasteiger partial charge is 0.350 e. The van der Waals surface area contributed by atoms with E-state index in [9.17, 15) is 4.79 Å². The summed E-state index contributed by atoms with van der Waals surface area (Å²) in [4.78, 5) is 21.1. The van der Waals surface area contributed by atoms with E-state index in [1.165, 1.54) is 6.33 Å². The molecule has 7 heteroatoms. The third-order valence-corrected chi connectivity index (χ3v) is 4.14. The molecule has 0 aliphatic heterocycles. The predicted molar refractivity (Wildman–Crippen MR) is 90.0 cm³/mol. The monoisotopic (exact) mass is 334 g/mol. The number of aryl methyl sites for hydroxylation is 2. The zero-order valence-corrected chi connectivity index (χ0v) is 13.9. The Bertz CT molecular complexity index is 1100. The van der Waals surface area contributed by atoms with Gasteiger partial charge in [0, 0.05) is 24.0 Å². The van der Waals surface area contributed by atoms with Crippen molar-refractivity contribution >= 4 is 5.65 Å². The fraction of sp³-hybridized carbons (Fsp3) is 0.167. The molecule has 0 aliphatic rings. The molecule has 4 aromatic heterocycles. The Hall–Kier alpha value is -3.35. The van der Waals surface area contributed by atoms with Gasteiger partial charge in [0.05, 0.1) is 17.5 Å². The van der Waals surface area contributed by atoms with Crippen LogP contribution in [0, 0.1) is 13.8 Å². The standard InChI is InChI=1S/C18H16N5O2/c1-12-17(13(2)25-21-12)15-10-22(9-14-7-19-11-20-8-14)16-5-3-4-6-23(16)18(15)24/h3-8,10-11H,9H2,1-2H3/q+1. The molecule has 0 saturated carbocycles. The molecule has 0 amide bonds.